The fraction of sp³-hybridized carbons (Fsp3) is 0.400. The highest BCUT2D eigenvalue weighted by Crippen LogP contribution is 2.36. The zero-order valence-corrected chi connectivity index (χ0v) is 15.6. The predicted octanol–water partition coefficient (Wildman–Crippen LogP) is 3.96. The molecule has 0 saturated heterocycles. The Morgan fingerprint density at radius 3 is 2.73 bits per heavy atom. The monoisotopic (exact) mass is 407 g/mol. The average Bonchev–Trinajstić information content (AvgIpc) is 2.89. The second kappa shape index (κ2) is 8.63. The maximum atomic E-state index is 12.8. The zero-order chi connectivity index (χ0) is 19.3. The zero-order valence-electron chi connectivity index (χ0n) is 14.0. The van der Waals surface area contributed by atoms with Gasteiger partial charge in [-0.2, -0.15) is 13.2 Å². The number of benzene rings is 1. The van der Waals surface area contributed by atoms with E-state index in [1.807, 2.05) is 18.5 Å². The van der Waals surface area contributed by atoms with Gasteiger partial charge in [0.15, 0.2) is 5.16 Å². The Kier molecular flexibility index (Phi) is 6.76. The molecule has 0 atom stereocenters. The third-order valence-corrected chi connectivity index (χ3v) is 4.59. The molecule has 1 aromatic carbocycles. The Balaban J connectivity index is 1.90. The molecule has 0 saturated carbocycles. The second-order valence-corrected chi connectivity index (χ2v) is 6.85. The van der Waals surface area contributed by atoms with Crippen LogP contribution in [0.4, 0.5) is 23.7 Å². The quantitative estimate of drug-likeness (QED) is 0.711. The van der Waals surface area contributed by atoms with Crippen molar-refractivity contribution in [1.82, 2.24) is 20.1 Å². The summed E-state index contributed by atoms with van der Waals surface area (Å²) in [4.78, 5) is 11.9. The normalized spacial score (nSPS) is 11.5. The first-order valence-electron chi connectivity index (χ1n) is 7.65. The maximum Gasteiger partial charge on any atom is 0.417 e. The first kappa shape index (κ1) is 20.4. The molecule has 0 aliphatic carbocycles. The molecule has 0 aliphatic rings. The molecule has 6 nitrogen and oxygen atoms in total. The minimum Gasteiger partial charge on any atom is -0.337 e. The SMILES string of the molecule is CCSc1nnc(CCNC(=O)Nc2ccc(Cl)c(C(F)(F)F)c2)n1C. The molecule has 1 aromatic heterocycles. The van der Waals surface area contributed by atoms with Gasteiger partial charge in [-0.3, -0.25) is 0 Å². The number of amides is 2. The standard InChI is InChI=1S/C15H17ClF3N5OS/c1-3-26-14-23-22-12(24(14)2)6-7-20-13(25)21-9-4-5-11(16)10(8-9)15(17,18)19/h4-5,8H,3,6-7H2,1-2H3,(H2,20,21,25). The van der Waals surface area contributed by atoms with Crippen LogP contribution in [0, 0.1) is 0 Å². The fourth-order valence-electron chi connectivity index (χ4n) is 2.10. The van der Waals surface area contributed by atoms with Crippen LogP contribution in [-0.4, -0.2) is 33.1 Å². The van der Waals surface area contributed by atoms with E-state index in [0.717, 1.165) is 23.0 Å². The minimum absolute atomic E-state index is 0.000449. The topological polar surface area (TPSA) is 71.8 Å². The molecule has 1 heterocycles. The average molecular weight is 408 g/mol. The summed E-state index contributed by atoms with van der Waals surface area (Å²) in [5.74, 6) is 1.57. The molecule has 0 spiro atoms. The van der Waals surface area contributed by atoms with Crippen molar-refractivity contribution in [3.05, 3.63) is 34.6 Å². The number of hydrogen-bond donors (Lipinski definition) is 2. The van der Waals surface area contributed by atoms with Gasteiger partial charge in [-0.25, -0.2) is 4.79 Å². The van der Waals surface area contributed by atoms with Crippen LogP contribution in [0.3, 0.4) is 0 Å². The van der Waals surface area contributed by atoms with Gasteiger partial charge in [0.25, 0.3) is 0 Å². The number of thioether (sulfide) groups is 1. The van der Waals surface area contributed by atoms with E-state index in [4.69, 9.17) is 11.6 Å². The summed E-state index contributed by atoms with van der Waals surface area (Å²) in [6.45, 7) is 2.26. The van der Waals surface area contributed by atoms with Gasteiger partial charge in [-0.15, -0.1) is 10.2 Å². The number of alkyl halides is 3. The van der Waals surface area contributed by atoms with Crippen LogP contribution >= 0.6 is 23.4 Å². The van der Waals surface area contributed by atoms with Crippen molar-refractivity contribution in [3.63, 3.8) is 0 Å². The van der Waals surface area contributed by atoms with E-state index in [1.54, 1.807) is 11.8 Å². The van der Waals surface area contributed by atoms with Gasteiger partial charge in [0.05, 0.1) is 10.6 Å². The van der Waals surface area contributed by atoms with Crippen LogP contribution in [0.1, 0.15) is 18.3 Å². The number of carbonyl (C=O) groups is 1. The molecule has 11 heteroatoms. The molecule has 142 valence electrons. The van der Waals surface area contributed by atoms with Gasteiger partial charge in [0, 0.05) is 25.7 Å². The van der Waals surface area contributed by atoms with Crippen LogP contribution in [0.15, 0.2) is 23.4 Å². The molecule has 2 N–H and O–H groups in total. The number of nitrogens with one attached hydrogen (secondary N) is 2. The molecule has 0 radical (unpaired) electrons. The van der Waals surface area contributed by atoms with Crippen LogP contribution in [0.5, 0.6) is 0 Å². The van der Waals surface area contributed by atoms with Crippen molar-refractivity contribution in [2.75, 3.05) is 17.6 Å². The minimum atomic E-state index is -4.59. The highest BCUT2D eigenvalue weighted by molar-refractivity contribution is 7.99. The molecule has 2 rings (SSSR count). The molecule has 0 unspecified atom stereocenters. The lowest BCUT2D eigenvalue weighted by Crippen LogP contribution is -2.31. The summed E-state index contributed by atoms with van der Waals surface area (Å²) < 4.78 is 40.3. The fourth-order valence-corrected chi connectivity index (χ4v) is 2.98. The van der Waals surface area contributed by atoms with Crippen molar-refractivity contribution in [2.24, 2.45) is 7.05 Å². The molecule has 2 amide bonds. The number of aromatic nitrogens is 3. The summed E-state index contributed by atoms with van der Waals surface area (Å²) in [5, 5.41) is 13.4. The Morgan fingerprint density at radius 1 is 1.35 bits per heavy atom. The number of anilines is 1. The number of halogens is 4. The van der Waals surface area contributed by atoms with E-state index in [-0.39, 0.29) is 12.2 Å². The number of nitrogens with zero attached hydrogens (tertiary/aromatic N) is 3. The van der Waals surface area contributed by atoms with E-state index < -0.39 is 22.8 Å². The maximum absolute atomic E-state index is 12.8. The van der Waals surface area contributed by atoms with Crippen LogP contribution in [0.2, 0.25) is 5.02 Å². The largest absolute Gasteiger partial charge is 0.417 e. The summed E-state index contributed by atoms with van der Waals surface area (Å²) in [5.41, 5.74) is -1.00. The number of hydrogen-bond acceptors (Lipinski definition) is 4. The Labute approximate surface area is 157 Å². The number of carbonyl (C=O) groups excluding carboxylic acids is 1. The highest BCUT2D eigenvalue weighted by Gasteiger charge is 2.33. The second-order valence-electron chi connectivity index (χ2n) is 5.21. The predicted molar refractivity (Wildman–Crippen MR) is 94.6 cm³/mol. The summed E-state index contributed by atoms with van der Waals surface area (Å²) >= 11 is 7.10. The van der Waals surface area contributed by atoms with Gasteiger partial charge in [0.1, 0.15) is 5.82 Å². The summed E-state index contributed by atoms with van der Waals surface area (Å²) in [6.07, 6.45) is -4.15. The van der Waals surface area contributed by atoms with Crippen LogP contribution in [-0.2, 0) is 19.6 Å². The van der Waals surface area contributed by atoms with E-state index in [2.05, 4.69) is 20.8 Å². The van der Waals surface area contributed by atoms with Crippen molar-refractivity contribution < 1.29 is 18.0 Å². The van der Waals surface area contributed by atoms with Gasteiger partial charge in [0.2, 0.25) is 0 Å². The summed E-state index contributed by atoms with van der Waals surface area (Å²) in [7, 11) is 1.83. The smallest absolute Gasteiger partial charge is 0.337 e. The third kappa shape index (κ3) is 5.28. The van der Waals surface area contributed by atoms with E-state index in [9.17, 15) is 18.0 Å². The molecule has 0 aliphatic heterocycles. The first-order valence-corrected chi connectivity index (χ1v) is 9.01. The van der Waals surface area contributed by atoms with Crippen molar-refractivity contribution >= 4 is 35.1 Å². The van der Waals surface area contributed by atoms with Gasteiger partial charge in [-0.1, -0.05) is 30.3 Å². The first-order chi connectivity index (χ1) is 12.2. The molecule has 0 bridgehead atoms. The number of rotatable bonds is 6. The Morgan fingerprint density at radius 2 is 2.08 bits per heavy atom. The Hall–Kier alpha value is -1.94. The lowest BCUT2D eigenvalue weighted by molar-refractivity contribution is -0.137. The lowest BCUT2D eigenvalue weighted by Gasteiger charge is -2.12. The molecule has 0 fully saturated rings. The van der Waals surface area contributed by atoms with Gasteiger partial charge in [-0.05, 0) is 24.0 Å². The van der Waals surface area contributed by atoms with Crippen LogP contribution in [0.25, 0.3) is 0 Å². The number of urea groups is 1. The lowest BCUT2D eigenvalue weighted by atomic mass is 10.2. The van der Waals surface area contributed by atoms with Crippen molar-refractivity contribution in [2.45, 2.75) is 24.7 Å². The third-order valence-electron chi connectivity index (χ3n) is 3.36. The van der Waals surface area contributed by atoms with Crippen LogP contribution < -0.4 is 10.6 Å². The van der Waals surface area contributed by atoms with Crippen molar-refractivity contribution in [1.29, 1.82) is 0 Å². The summed E-state index contributed by atoms with van der Waals surface area (Å²) in [6, 6.07) is 2.56. The molecular formula is C15H17ClF3N5OS. The van der Waals surface area contributed by atoms with E-state index in [1.165, 1.54) is 6.07 Å². The Bertz CT molecular complexity index is 781. The molecule has 26 heavy (non-hydrogen) atoms. The highest BCUT2D eigenvalue weighted by atomic mass is 35.5. The van der Waals surface area contributed by atoms with Gasteiger partial charge >= 0.3 is 12.2 Å². The van der Waals surface area contributed by atoms with E-state index >= 15 is 0 Å². The van der Waals surface area contributed by atoms with Crippen molar-refractivity contribution in [3.8, 4) is 0 Å². The van der Waals surface area contributed by atoms with Gasteiger partial charge < -0.3 is 15.2 Å². The van der Waals surface area contributed by atoms with E-state index in [0.29, 0.717) is 12.2 Å². The molecular weight excluding hydrogens is 391 g/mol. The molecule has 2 aromatic rings.